The van der Waals surface area contributed by atoms with Crippen molar-refractivity contribution in [3.05, 3.63) is 35.0 Å². The monoisotopic (exact) mass is 320 g/mol. The van der Waals surface area contributed by atoms with Gasteiger partial charge in [0.25, 0.3) is 5.91 Å². The molecule has 0 aliphatic carbocycles. The summed E-state index contributed by atoms with van der Waals surface area (Å²) in [6, 6.07) is 5.55. The largest absolute Gasteiger partial charge is 0.496 e. The van der Waals surface area contributed by atoms with Crippen LogP contribution in [0.15, 0.2) is 23.9 Å². The molecule has 1 amide bonds. The minimum atomic E-state index is -0.529. The van der Waals surface area contributed by atoms with Crippen LogP contribution in [0.2, 0.25) is 0 Å². The van der Waals surface area contributed by atoms with Crippen LogP contribution in [0.5, 0.6) is 5.75 Å². The number of hydrogen-bond acceptors (Lipinski definition) is 5. The molecule has 0 atom stereocenters. The average molecular weight is 320 g/mol. The molecule has 1 fully saturated rings. The van der Waals surface area contributed by atoms with Crippen molar-refractivity contribution >= 4 is 35.3 Å². The maximum Gasteiger partial charge on any atom is 0.325 e. The van der Waals surface area contributed by atoms with Crippen LogP contribution >= 0.6 is 12.2 Å². The Morgan fingerprint density at radius 2 is 2.14 bits per heavy atom. The quantitative estimate of drug-likeness (QED) is 0.511. The minimum Gasteiger partial charge on any atom is -0.496 e. The molecule has 1 N–H and O–H groups in total. The van der Waals surface area contributed by atoms with E-state index in [0.717, 1.165) is 16.9 Å². The average Bonchev–Trinajstić information content (AvgIpc) is 2.75. The van der Waals surface area contributed by atoms with E-state index in [1.165, 1.54) is 12.0 Å². The number of hydrogen-bond donors (Lipinski definition) is 1. The van der Waals surface area contributed by atoms with E-state index in [0.29, 0.717) is 5.70 Å². The summed E-state index contributed by atoms with van der Waals surface area (Å²) in [5.41, 5.74) is 2.10. The molecule has 1 aliphatic rings. The Morgan fingerprint density at radius 1 is 1.41 bits per heavy atom. The third kappa shape index (κ3) is 3.25. The molecule has 0 bridgehead atoms. The summed E-state index contributed by atoms with van der Waals surface area (Å²) < 4.78 is 9.75. The number of nitrogens with one attached hydrogen (secondary N) is 1. The second-order valence-corrected chi connectivity index (χ2v) is 5.07. The van der Waals surface area contributed by atoms with E-state index in [1.54, 1.807) is 13.2 Å². The molecule has 0 unspecified atom stereocenters. The van der Waals surface area contributed by atoms with Gasteiger partial charge in [-0.1, -0.05) is 6.07 Å². The van der Waals surface area contributed by atoms with Crippen molar-refractivity contribution < 1.29 is 19.1 Å². The number of methoxy groups -OCH3 is 2. The van der Waals surface area contributed by atoms with Crippen molar-refractivity contribution in [2.45, 2.75) is 6.92 Å². The smallest absolute Gasteiger partial charge is 0.325 e. The minimum absolute atomic E-state index is 0.187. The van der Waals surface area contributed by atoms with Crippen LogP contribution in [0.3, 0.4) is 0 Å². The van der Waals surface area contributed by atoms with Crippen LogP contribution in [0.1, 0.15) is 11.1 Å². The first-order valence-corrected chi connectivity index (χ1v) is 6.93. The Hall–Kier alpha value is -2.41. The molecule has 1 aliphatic heterocycles. The Morgan fingerprint density at radius 3 is 2.73 bits per heavy atom. The molecule has 0 spiro atoms. The number of rotatable bonds is 4. The SMILES string of the molecule is COC(=O)CN1C(=O)/C(=C/c2ccc(OC)c(C)c2)NC1=S. The van der Waals surface area contributed by atoms with Gasteiger partial charge in [0.2, 0.25) is 0 Å². The highest BCUT2D eigenvalue weighted by Crippen LogP contribution is 2.21. The molecule has 1 heterocycles. The lowest BCUT2D eigenvalue weighted by Gasteiger charge is -2.11. The summed E-state index contributed by atoms with van der Waals surface area (Å²) >= 11 is 5.07. The van der Waals surface area contributed by atoms with Crippen LogP contribution in [-0.2, 0) is 14.3 Å². The summed E-state index contributed by atoms with van der Waals surface area (Å²) in [4.78, 5) is 24.7. The predicted molar refractivity (Wildman–Crippen MR) is 85.2 cm³/mol. The zero-order valence-electron chi connectivity index (χ0n) is 12.5. The van der Waals surface area contributed by atoms with E-state index < -0.39 is 5.97 Å². The van der Waals surface area contributed by atoms with E-state index >= 15 is 0 Å². The molecular formula is C15H16N2O4S. The fraction of sp³-hybridized carbons (Fsp3) is 0.267. The van der Waals surface area contributed by atoms with E-state index in [-0.39, 0.29) is 17.6 Å². The second kappa shape index (κ2) is 6.57. The highest BCUT2D eigenvalue weighted by atomic mass is 32.1. The number of carbonyl (C=O) groups is 2. The van der Waals surface area contributed by atoms with Gasteiger partial charge < -0.3 is 14.8 Å². The van der Waals surface area contributed by atoms with Crippen LogP contribution in [-0.4, -0.2) is 42.7 Å². The third-order valence-corrected chi connectivity index (χ3v) is 3.53. The Balaban J connectivity index is 2.22. The Labute approximate surface area is 133 Å². The van der Waals surface area contributed by atoms with Crippen LogP contribution < -0.4 is 10.1 Å². The Kier molecular flexibility index (Phi) is 4.77. The lowest BCUT2D eigenvalue weighted by molar-refractivity contribution is -0.143. The lowest BCUT2D eigenvalue weighted by atomic mass is 10.1. The topological polar surface area (TPSA) is 67.9 Å². The van der Waals surface area contributed by atoms with Crippen molar-refractivity contribution in [1.29, 1.82) is 0 Å². The van der Waals surface area contributed by atoms with Gasteiger partial charge >= 0.3 is 5.97 Å². The number of ether oxygens (including phenoxy) is 2. The molecule has 1 saturated heterocycles. The zero-order chi connectivity index (χ0) is 16.3. The number of thiocarbonyl (C=S) groups is 1. The van der Waals surface area contributed by atoms with Gasteiger partial charge in [0.15, 0.2) is 5.11 Å². The molecule has 2 rings (SSSR count). The maximum atomic E-state index is 12.3. The van der Waals surface area contributed by atoms with Crippen LogP contribution in [0.25, 0.3) is 6.08 Å². The number of nitrogens with zero attached hydrogens (tertiary/aromatic N) is 1. The normalized spacial score (nSPS) is 16.0. The van der Waals surface area contributed by atoms with Crippen LogP contribution in [0, 0.1) is 6.92 Å². The number of esters is 1. The summed E-state index contributed by atoms with van der Waals surface area (Å²) in [7, 11) is 2.86. The van der Waals surface area contributed by atoms with E-state index in [2.05, 4.69) is 10.1 Å². The van der Waals surface area contributed by atoms with Gasteiger partial charge in [-0.15, -0.1) is 0 Å². The predicted octanol–water partition coefficient (Wildman–Crippen LogP) is 1.23. The first-order chi connectivity index (χ1) is 10.5. The molecule has 7 heteroatoms. The fourth-order valence-corrected chi connectivity index (χ4v) is 2.32. The lowest BCUT2D eigenvalue weighted by Crippen LogP contribution is -2.35. The third-order valence-electron chi connectivity index (χ3n) is 3.21. The first-order valence-electron chi connectivity index (χ1n) is 6.52. The highest BCUT2D eigenvalue weighted by Gasteiger charge is 2.32. The van der Waals surface area contributed by atoms with E-state index in [4.69, 9.17) is 17.0 Å². The number of carbonyl (C=O) groups excluding carboxylic acids is 2. The van der Waals surface area contributed by atoms with E-state index in [1.807, 2.05) is 25.1 Å². The molecule has 0 aromatic heterocycles. The molecule has 0 radical (unpaired) electrons. The molecule has 6 nitrogen and oxygen atoms in total. The van der Waals surface area contributed by atoms with Gasteiger partial charge in [-0.3, -0.25) is 14.5 Å². The molecule has 22 heavy (non-hydrogen) atoms. The molecular weight excluding hydrogens is 304 g/mol. The van der Waals surface area contributed by atoms with Crippen molar-refractivity contribution in [2.24, 2.45) is 0 Å². The summed E-state index contributed by atoms with van der Waals surface area (Å²) in [5.74, 6) is -0.112. The van der Waals surface area contributed by atoms with Crippen LogP contribution in [0.4, 0.5) is 0 Å². The highest BCUT2D eigenvalue weighted by molar-refractivity contribution is 7.80. The van der Waals surface area contributed by atoms with Crippen molar-refractivity contribution in [3.8, 4) is 5.75 Å². The van der Waals surface area contributed by atoms with Gasteiger partial charge in [-0.25, -0.2) is 0 Å². The Bertz CT molecular complexity index is 670. The maximum absolute atomic E-state index is 12.3. The molecule has 1 aromatic carbocycles. The molecule has 0 saturated carbocycles. The summed E-state index contributed by atoms with van der Waals surface area (Å²) in [5, 5.41) is 3.00. The number of amides is 1. The van der Waals surface area contributed by atoms with E-state index in [9.17, 15) is 9.59 Å². The van der Waals surface area contributed by atoms with Gasteiger partial charge in [0.05, 0.1) is 14.2 Å². The molecule has 1 aromatic rings. The second-order valence-electron chi connectivity index (χ2n) is 4.68. The van der Waals surface area contributed by atoms with Crippen molar-refractivity contribution in [1.82, 2.24) is 10.2 Å². The van der Waals surface area contributed by atoms with Crippen molar-refractivity contribution in [3.63, 3.8) is 0 Å². The number of benzene rings is 1. The fourth-order valence-electron chi connectivity index (χ4n) is 2.07. The zero-order valence-corrected chi connectivity index (χ0v) is 13.3. The first kappa shape index (κ1) is 16.0. The standard InChI is InChI=1S/C15H16N2O4S/c1-9-6-10(4-5-12(9)20-2)7-11-14(19)17(15(22)16-11)8-13(18)21-3/h4-7H,8H2,1-3H3,(H,16,22)/b11-7-. The van der Waals surface area contributed by atoms with Gasteiger partial charge in [0.1, 0.15) is 18.0 Å². The summed E-state index contributed by atoms with van der Waals surface area (Å²) in [6.07, 6.45) is 1.68. The van der Waals surface area contributed by atoms with Gasteiger partial charge in [-0.2, -0.15) is 0 Å². The number of aryl methyl sites for hydroxylation is 1. The molecule has 116 valence electrons. The van der Waals surface area contributed by atoms with Crippen molar-refractivity contribution in [2.75, 3.05) is 20.8 Å². The van der Waals surface area contributed by atoms with Gasteiger partial charge in [0, 0.05) is 0 Å². The van der Waals surface area contributed by atoms with Gasteiger partial charge in [-0.05, 0) is 48.5 Å². The summed E-state index contributed by atoms with van der Waals surface area (Å²) in [6.45, 7) is 1.71.